The normalized spacial score (nSPS) is 17.0. The van der Waals surface area contributed by atoms with Crippen LogP contribution in [0.1, 0.15) is 23.7 Å². The lowest BCUT2D eigenvalue weighted by atomic mass is 10.1. The largest absolute Gasteiger partial charge is 0.304 e. The zero-order chi connectivity index (χ0) is 14.4. The van der Waals surface area contributed by atoms with E-state index in [9.17, 15) is 0 Å². The fourth-order valence-electron chi connectivity index (χ4n) is 2.55. The van der Waals surface area contributed by atoms with Gasteiger partial charge in [-0.15, -0.1) is 10.2 Å². The van der Waals surface area contributed by atoms with E-state index in [2.05, 4.69) is 40.7 Å². The number of nitrogens with one attached hydrogen (secondary N) is 1. The van der Waals surface area contributed by atoms with Gasteiger partial charge in [0.05, 0.1) is 0 Å². The van der Waals surface area contributed by atoms with Gasteiger partial charge in [-0.05, 0) is 22.9 Å². The van der Waals surface area contributed by atoms with Gasteiger partial charge in [0.25, 0.3) is 0 Å². The van der Waals surface area contributed by atoms with Gasteiger partial charge in [0.2, 0.25) is 5.16 Å². The molecule has 3 aromatic rings. The van der Waals surface area contributed by atoms with Crippen molar-refractivity contribution in [2.45, 2.75) is 23.9 Å². The number of hydrogen-bond acceptors (Lipinski definition) is 4. The lowest BCUT2D eigenvalue weighted by molar-refractivity contribution is 0.740. The van der Waals surface area contributed by atoms with Gasteiger partial charge >= 0.3 is 0 Å². The van der Waals surface area contributed by atoms with E-state index in [-0.39, 0.29) is 5.37 Å². The van der Waals surface area contributed by atoms with Crippen LogP contribution in [-0.2, 0) is 6.42 Å². The van der Waals surface area contributed by atoms with E-state index in [1.54, 1.807) is 11.8 Å². The van der Waals surface area contributed by atoms with Crippen LogP contribution in [0.4, 0.5) is 0 Å². The second kappa shape index (κ2) is 4.93. The van der Waals surface area contributed by atoms with Gasteiger partial charge in [-0.1, -0.05) is 54.6 Å². The summed E-state index contributed by atoms with van der Waals surface area (Å²) in [6.45, 7) is 2.07. The summed E-state index contributed by atoms with van der Waals surface area (Å²) in [5.74, 6) is 0.942. The number of benzene rings is 2. The Hall–Kier alpha value is -1.72. The van der Waals surface area contributed by atoms with Gasteiger partial charge in [0.15, 0.2) is 5.82 Å². The maximum absolute atomic E-state index is 6.47. The summed E-state index contributed by atoms with van der Waals surface area (Å²) < 4.78 is 1.96. The molecule has 0 fully saturated rings. The number of thioether (sulfide) groups is 1. The van der Waals surface area contributed by atoms with Gasteiger partial charge < -0.3 is 5.43 Å². The highest BCUT2D eigenvalue weighted by atomic mass is 35.5. The number of nitrogens with zero attached hydrogens (tertiary/aromatic N) is 3. The van der Waals surface area contributed by atoms with Crippen LogP contribution in [0.25, 0.3) is 10.8 Å². The van der Waals surface area contributed by atoms with Gasteiger partial charge in [-0.3, -0.25) is 0 Å². The predicted molar refractivity (Wildman–Crippen MR) is 86.3 cm³/mol. The first-order valence-electron chi connectivity index (χ1n) is 6.82. The number of halogens is 1. The Morgan fingerprint density at radius 3 is 2.76 bits per heavy atom. The van der Waals surface area contributed by atoms with Crippen LogP contribution in [0, 0.1) is 0 Å². The molecule has 2 heterocycles. The lowest BCUT2D eigenvalue weighted by Crippen LogP contribution is -2.15. The van der Waals surface area contributed by atoms with E-state index in [1.807, 2.05) is 22.9 Å². The van der Waals surface area contributed by atoms with Crippen LogP contribution < -0.4 is 5.43 Å². The zero-order valence-electron chi connectivity index (χ0n) is 11.4. The van der Waals surface area contributed by atoms with Crippen LogP contribution in [0.2, 0.25) is 5.02 Å². The molecule has 0 saturated heterocycles. The van der Waals surface area contributed by atoms with Crippen molar-refractivity contribution in [2.24, 2.45) is 0 Å². The highest BCUT2D eigenvalue weighted by Crippen LogP contribution is 2.42. The molecular weight excluding hydrogens is 304 g/mol. The predicted octanol–water partition coefficient (Wildman–Crippen LogP) is 4.00. The fourth-order valence-corrected chi connectivity index (χ4v) is 3.94. The van der Waals surface area contributed by atoms with Crippen molar-refractivity contribution >= 4 is 34.1 Å². The molecular formula is C15H13ClN4S. The molecule has 1 aliphatic rings. The summed E-state index contributed by atoms with van der Waals surface area (Å²) in [5.41, 5.74) is 4.50. The third kappa shape index (κ3) is 2.08. The third-order valence-corrected chi connectivity index (χ3v) is 5.03. The van der Waals surface area contributed by atoms with E-state index in [0.29, 0.717) is 0 Å². The van der Waals surface area contributed by atoms with Gasteiger partial charge in [0.1, 0.15) is 5.37 Å². The molecule has 0 saturated carbocycles. The standard InChI is InChI=1S/C15H13ClN4S/c1-2-13-17-18-15-20(13)19-14(21-15)11-7-9-5-3-4-6-10(9)8-12(11)16/h3-8,14,19H,2H2,1H3. The smallest absolute Gasteiger partial charge is 0.212 e. The molecule has 21 heavy (non-hydrogen) atoms. The lowest BCUT2D eigenvalue weighted by Gasteiger charge is -2.14. The van der Waals surface area contributed by atoms with Gasteiger partial charge in [-0.25, -0.2) is 4.68 Å². The summed E-state index contributed by atoms with van der Waals surface area (Å²) in [4.78, 5) is 0. The summed E-state index contributed by atoms with van der Waals surface area (Å²) >= 11 is 8.11. The Morgan fingerprint density at radius 2 is 2.00 bits per heavy atom. The number of rotatable bonds is 2. The minimum Gasteiger partial charge on any atom is -0.304 e. The molecule has 1 aromatic heterocycles. The molecule has 1 unspecified atom stereocenters. The Labute approximate surface area is 131 Å². The van der Waals surface area contributed by atoms with Crippen molar-refractivity contribution in [1.82, 2.24) is 14.9 Å². The van der Waals surface area contributed by atoms with Crippen molar-refractivity contribution in [1.29, 1.82) is 0 Å². The first-order valence-corrected chi connectivity index (χ1v) is 8.07. The number of fused-ring (bicyclic) bond motifs is 2. The molecule has 0 amide bonds. The Balaban J connectivity index is 1.75. The quantitative estimate of drug-likeness (QED) is 0.776. The molecule has 6 heteroatoms. The molecule has 0 bridgehead atoms. The van der Waals surface area contributed by atoms with Crippen LogP contribution in [0.15, 0.2) is 41.6 Å². The summed E-state index contributed by atoms with van der Waals surface area (Å²) in [6, 6.07) is 12.4. The zero-order valence-corrected chi connectivity index (χ0v) is 12.9. The van der Waals surface area contributed by atoms with Crippen molar-refractivity contribution in [3.8, 4) is 0 Å². The third-order valence-electron chi connectivity index (χ3n) is 3.63. The summed E-state index contributed by atoms with van der Waals surface area (Å²) in [5, 5.41) is 12.4. The molecule has 2 aromatic carbocycles. The van der Waals surface area contributed by atoms with E-state index < -0.39 is 0 Å². The topological polar surface area (TPSA) is 42.7 Å². The van der Waals surface area contributed by atoms with E-state index in [0.717, 1.165) is 33.4 Å². The van der Waals surface area contributed by atoms with Crippen molar-refractivity contribution in [3.63, 3.8) is 0 Å². The van der Waals surface area contributed by atoms with Crippen LogP contribution in [0.5, 0.6) is 0 Å². The van der Waals surface area contributed by atoms with Gasteiger partial charge in [0, 0.05) is 17.0 Å². The van der Waals surface area contributed by atoms with Crippen LogP contribution in [0.3, 0.4) is 0 Å². The minimum absolute atomic E-state index is 0.0675. The van der Waals surface area contributed by atoms with E-state index in [4.69, 9.17) is 11.6 Å². The molecule has 0 radical (unpaired) electrons. The molecule has 1 N–H and O–H groups in total. The molecule has 0 spiro atoms. The fraction of sp³-hybridized carbons (Fsp3) is 0.200. The molecule has 4 nitrogen and oxygen atoms in total. The second-order valence-corrected chi connectivity index (χ2v) is 6.42. The van der Waals surface area contributed by atoms with E-state index in [1.165, 1.54) is 5.39 Å². The second-order valence-electron chi connectivity index (χ2n) is 4.94. The first kappa shape index (κ1) is 13.0. The number of aryl methyl sites for hydroxylation is 1. The summed E-state index contributed by atoms with van der Waals surface area (Å²) in [6.07, 6.45) is 0.846. The van der Waals surface area contributed by atoms with Gasteiger partial charge in [-0.2, -0.15) is 0 Å². The average molecular weight is 317 g/mol. The number of hydrogen-bond donors (Lipinski definition) is 1. The molecule has 1 atom stereocenters. The van der Waals surface area contributed by atoms with Crippen LogP contribution >= 0.6 is 23.4 Å². The van der Waals surface area contributed by atoms with Crippen LogP contribution in [-0.4, -0.2) is 14.9 Å². The minimum atomic E-state index is 0.0675. The monoisotopic (exact) mass is 316 g/mol. The first-order chi connectivity index (χ1) is 10.3. The molecule has 106 valence electrons. The highest BCUT2D eigenvalue weighted by molar-refractivity contribution is 7.99. The SMILES string of the molecule is CCc1nnc2n1NC(c1cc3ccccc3cc1Cl)S2. The Bertz CT molecular complexity index is 830. The summed E-state index contributed by atoms with van der Waals surface area (Å²) in [7, 11) is 0. The van der Waals surface area contributed by atoms with E-state index >= 15 is 0 Å². The van der Waals surface area contributed by atoms with Crippen molar-refractivity contribution < 1.29 is 0 Å². The Kier molecular flexibility index (Phi) is 3.05. The molecule has 4 rings (SSSR count). The molecule has 1 aliphatic heterocycles. The average Bonchev–Trinajstić information content (AvgIpc) is 3.06. The van der Waals surface area contributed by atoms with Crippen molar-refractivity contribution in [3.05, 3.63) is 52.8 Å². The maximum Gasteiger partial charge on any atom is 0.212 e. The van der Waals surface area contributed by atoms with Crippen molar-refractivity contribution in [2.75, 3.05) is 5.43 Å². The highest BCUT2D eigenvalue weighted by Gasteiger charge is 2.28. The maximum atomic E-state index is 6.47. The number of aromatic nitrogens is 3. The Morgan fingerprint density at radius 1 is 1.24 bits per heavy atom. The molecule has 0 aliphatic carbocycles.